The lowest BCUT2D eigenvalue weighted by molar-refractivity contribution is -0.332. The van der Waals surface area contributed by atoms with Gasteiger partial charge in [0, 0.05) is 31.9 Å². The zero-order valence-electron chi connectivity index (χ0n) is 24.7. The molecule has 0 unspecified atom stereocenters. The molecule has 11 atom stereocenters. The van der Waals surface area contributed by atoms with Gasteiger partial charge in [-0.15, -0.1) is 0 Å². The highest BCUT2D eigenvalue weighted by Gasteiger charge is 2.63. The Labute approximate surface area is 238 Å². The monoisotopic (exact) mass is 558 g/mol. The van der Waals surface area contributed by atoms with E-state index in [9.17, 15) is 15.0 Å². The largest absolute Gasteiger partial charge is 0.462 e. The van der Waals surface area contributed by atoms with E-state index in [1.54, 1.807) is 19.1 Å². The summed E-state index contributed by atoms with van der Waals surface area (Å²) < 4.78 is 30.9. The minimum atomic E-state index is -1.83. The second-order valence-corrected chi connectivity index (χ2v) is 12.7. The van der Waals surface area contributed by atoms with Gasteiger partial charge in [0.25, 0.3) is 0 Å². The van der Waals surface area contributed by atoms with Crippen molar-refractivity contribution in [3.8, 4) is 0 Å². The van der Waals surface area contributed by atoms with Gasteiger partial charge < -0.3 is 33.9 Å². The predicted molar refractivity (Wildman–Crippen MR) is 149 cm³/mol. The fourth-order valence-electron chi connectivity index (χ4n) is 7.07. The van der Waals surface area contributed by atoms with Crippen molar-refractivity contribution in [1.82, 2.24) is 0 Å². The Morgan fingerprint density at radius 1 is 1.12 bits per heavy atom. The molecule has 8 nitrogen and oxygen atoms in total. The maximum atomic E-state index is 14.0. The summed E-state index contributed by atoms with van der Waals surface area (Å²) in [5, 5.41) is 23.2. The Morgan fingerprint density at radius 3 is 2.62 bits per heavy atom. The van der Waals surface area contributed by atoms with Gasteiger partial charge in [-0.2, -0.15) is 0 Å². The van der Waals surface area contributed by atoms with Crippen molar-refractivity contribution < 1.29 is 38.7 Å². The smallest absolute Gasteiger partial charge is 0.316 e. The first-order valence-corrected chi connectivity index (χ1v) is 14.8. The average Bonchev–Trinajstić information content (AvgIpc) is 3.19. The molecule has 4 heterocycles. The topological polar surface area (TPSA) is 104 Å². The number of carbonyl (C=O) groups is 1. The molecule has 0 saturated carbocycles. The van der Waals surface area contributed by atoms with Crippen LogP contribution >= 0.6 is 0 Å². The maximum absolute atomic E-state index is 14.0. The minimum Gasteiger partial charge on any atom is -0.462 e. The third-order valence-corrected chi connectivity index (χ3v) is 9.55. The standard InChI is InChI=1S/C32H46O8/c1-18-8-7-9-25-30(36-6)38-28-27(33)21(4)15-26(32(25,28)35)29(34)37-24-16-23(11-10-19(2)14-18)40-31(17-24)13-12-20(3)22(5)39-31/h7-10,15,18,20,22-24,26-28,30,33,35H,11-14,16-17H2,1-6H3/b8-7-,19-10-,25-9?/t18-,20-,22+,23+,24-,26-,27+,28+,30-,31-,32+/m0/s1. The first-order chi connectivity index (χ1) is 19.0. The summed E-state index contributed by atoms with van der Waals surface area (Å²) >= 11 is 0. The Morgan fingerprint density at radius 2 is 1.90 bits per heavy atom. The lowest BCUT2D eigenvalue weighted by atomic mass is 9.70. The van der Waals surface area contributed by atoms with Crippen LogP contribution in [0.5, 0.6) is 0 Å². The van der Waals surface area contributed by atoms with E-state index in [0.29, 0.717) is 36.3 Å². The molecule has 0 amide bonds. The molecule has 8 heteroatoms. The molecule has 2 bridgehead atoms. The van der Waals surface area contributed by atoms with Crippen LogP contribution in [0.1, 0.15) is 73.1 Å². The third-order valence-electron chi connectivity index (χ3n) is 9.55. The van der Waals surface area contributed by atoms with Crippen molar-refractivity contribution in [2.24, 2.45) is 17.8 Å². The van der Waals surface area contributed by atoms with E-state index < -0.39 is 47.9 Å². The van der Waals surface area contributed by atoms with Crippen molar-refractivity contribution in [3.63, 3.8) is 0 Å². The van der Waals surface area contributed by atoms with Crippen LogP contribution in [0.2, 0.25) is 0 Å². The van der Waals surface area contributed by atoms with Gasteiger partial charge in [0.1, 0.15) is 29.8 Å². The van der Waals surface area contributed by atoms with E-state index in [1.165, 1.54) is 12.7 Å². The molecule has 222 valence electrons. The number of fused-ring (bicyclic) bond motifs is 2. The Balaban J connectivity index is 1.54. The fraction of sp³-hybridized carbons (Fsp3) is 0.719. The van der Waals surface area contributed by atoms with Crippen LogP contribution < -0.4 is 0 Å². The zero-order valence-corrected chi connectivity index (χ0v) is 24.7. The second-order valence-electron chi connectivity index (χ2n) is 12.7. The second kappa shape index (κ2) is 11.5. The third kappa shape index (κ3) is 5.51. The van der Waals surface area contributed by atoms with Crippen molar-refractivity contribution in [3.05, 3.63) is 47.1 Å². The van der Waals surface area contributed by atoms with Crippen LogP contribution in [0.3, 0.4) is 0 Å². The number of methoxy groups -OCH3 is 1. The lowest BCUT2D eigenvalue weighted by Gasteiger charge is -2.49. The van der Waals surface area contributed by atoms with Crippen LogP contribution in [-0.4, -0.2) is 71.5 Å². The van der Waals surface area contributed by atoms with E-state index in [0.717, 1.165) is 19.3 Å². The molecule has 5 rings (SSSR count). The van der Waals surface area contributed by atoms with E-state index >= 15 is 0 Å². The molecule has 5 aliphatic rings. The molecule has 3 saturated heterocycles. The number of rotatable bonds is 1. The molecule has 40 heavy (non-hydrogen) atoms. The summed E-state index contributed by atoms with van der Waals surface area (Å²) in [6, 6.07) is 0. The van der Waals surface area contributed by atoms with Gasteiger partial charge in [0.2, 0.25) is 0 Å². The molecule has 0 aromatic carbocycles. The number of carbonyl (C=O) groups excluding carboxylic acids is 1. The zero-order chi connectivity index (χ0) is 28.8. The van der Waals surface area contributed by atoms with Crippen molar-refractivity contribution >= 4 is 5.97 Å². The highest BCUT2D eigenvalue weighted by atomic mass is 16.7. The summed E-state index contributed by atoms with van der Waals surface area (Å²) in [5.74, 6) is -1.77. The number of hydrogen-bond donors (Lipinski definition) is 2. The summed E-state index contributed by atoms with van der Waals surface area (Å²) in [6.07, 6.45) is 10.2. The Bertz CT molecular complexity index is 1090. The first-order valence-electron chi connectivity index (χ1n) is 14.8. The van der Waals surface area contributed by atoms with Gasteiger partial charge in [0.05, 0.1) is 12.2 Å². The summed E-state index contributed by atoms with van der Waals surface area (Å²) in [5.41, 5.74) is 0.373. The SMILES string of the molecule is CO[C@H]1O[C@@H]2[C@H](O)C(C)=C[C@H]3C(=O)O[C@H]4C[C@@H](C/C=C(/C)C[C@@H](C)/C=C\C=C1[C@]23O)O[C@@]1(CC[C@H](C)[C@@H](C)O1)C4. The average molecular weight is 559 g/mol. The number of hydrogen-bond acceptors (Lipinski definition) is 8. The minimum absolute atomic E-state index is 0.0350. The van der Waals surface area contributed by atoms with Gasteiger partial charge in [-0.05, 0) is 57.4 Å². The highest BCUT2D eigenvalue weighted by Crippen LogP contribution is 2.49. The molecule has 0 aromatic heterocycles. The van der Waals surface area contributed by atoms with Gasteiger partial charge in [-0.3, -0.25) is 4.79 Å². The van der Waals surface area contributed by atoms with Gasteiger partial charge in [0.15, 0.2) is 12.1 Å². The first kappa shape index (κ1) is 29.7. The summed E-state index contributed by atoms with van der Waals surface area (Å²) in [6.45, 7) is 10.3. The van der Waals surface area contributed by atoms with Crippen LogP contribution in [-0.2, 0) is 28.5 Å². The number of ether oxygens (including phenoxy) is 5. The molecule has 3 fully saturated rings. The quantitative estimate of drug-likeness (QED) is 0.358. The van der Waals surface area contributed by atoms with Crippen molar-refractivity contribution in [2.75, 3.05) is 7.11 Å². The van der Waals surface area contributed by atoms with Crippen molar-refractivity contribution in [2.45, 2.75) is 121 Å². The molecule has 0 radical (unpaired) electrons. The van der Waals surface area contributed by atoms with Gasteiger partial charge in [-0.1, -0.05) is 49.8 Å². The van der Waals surface area contributed by atoms with E-state index in [2.05, 4.69) is 39.8 Å². The molecular weight excluding hydrogens is 512 g/mol. The molecule has 1 spiro atoms. The molecule has 1 aliphatic carbocycles. The fourth-order valence-corrected chi connectivity index (χ4v) is 7.07. The Kier molecular flexibility index (Phi) is 8.50. The normalized spacial score (nSPS) is 48.4. The molecule has 2 N–H and O–H groups in total. The molecule has 4 aliphatic heterocycles. The number of esters is 1. The highest BCUT2D eigenvalue weighted by molar-refractivity contribution is 5.78. The van der Waals surface area contributed by atoms with E-state index in [1.807, 2.05) is 6.08 Å². The van der Waals surface area contributed by atoms with Crippen LogP contribution in [0, 0.1) is 17.8 Å². The van der Waals surface area contributed by atoms with E-state index in [4.69, 9.17) is 23.7 Å². The van der Waals surface area contributed by atoms with Crippen LogP contribution in [0.25, 0.3) is 0 Å². The number of aliphatic hydroxyl groups is 2. The molecule has 0 aromatic rings. The maximum Gasteiger partial charge on any atom is 0.316 e. The lowest BCUT2D eigenvalue weighted by Crippen LogP contribution is -2.58. The number of aliphatic hydroxyl groups excluding tert-OH is 1. The summed E-state index contributed by atoms with van der Waals surface area (Å²) in [4.78, 5) is 14.0. The predicted octanol–water partition coefficient (Wildman–Crippen LogP) is 4.51. The van der Waals surface area contributed by atoms with E-state index in [-0.39, 0.29) is 18.1 Å². The van der Waals surface area contributed by atoms with Crippen LogP contribution in [0.4, 0.5) is 0 Å². The summed E-state index contributed by atoms with van der Waals surface area (Å²) in [7, 11) is 1.49. The molecular formula is C32H46O8. The number of allylic oxidation sites excluding steroid dienone is 4. The van der Waals surface area contributed by atoms with Gasteiger partial charge in [-0.25, -0.2) is 0 Å². The Hall–Kier alpha value is -1.81. The van der Waals surface area contributed by atoms with Crippen LogP contribution in [0.15, 0.2) is 47.1 Å². The van der Waals surface area contributed by atoms with Gasteiger partial charge >= 0.3 is 5.97 Å². The van der Waals surface area contributed by atoms with Crippen molar-refractivity contribution in [1.29, 1.82) is 0 Å².